The van der Waals surface area contributed by atoms with Crippen molar-refractivity contribution in [3.63, 3.8) is 0 Å². The summed E-state index contributed by atoms with van der Waals surface area (Å²) in [5, 5.41) is 0.663. The van der Waals surface area contributed by atoms with Crippen LogP contribution >= 0.6 is 11.6 Å². The largest absolute Gasteiger partial charge is 0.490 e. The van der Waals surface area contributed by atoms with Gasteiger partial charge in [-0.05, 0) is 72.8 Å². The number of hydrogen-bond acceptors (Lipinski definition) is 7. The maximum absolute atomic E-state index is 6.27. The van der Waals surface area contributed by atoms with Crippen LogP contribution in [0.25, 0.3) is 33.7 Å². The number of hydrogen-bond donors (Lipinski definition) is 0. The van der Waals surface area contributed by atoms with Crippen molar-refractivity contribution >= 4 is 39.8 Å². The second-order valence-electron chi connectivity index (χ2n) is 9.50. The van der Waals surface area contributed by atoms with Gasteiger partial charge in [0.25, 0.3) is 6.01 Å². The van der Waals surface area contributed by atoms with Crippen molar-refractivity contribution < 1.29 is 18.3 Å². The van der Waals surface area contributed by atoms with E-state index in [0.717, 1.165) is 53.9 Å². The SMILES string of the molecule is Clc1ccc(Oc2ccc3nc(-c4ccc(OC5CCN(c6nc7ccccc7o6)CC5)cc4)oc3c2)cc1. The maximum Gasteiger partial charge on any atom is 0.298 e. The van der Waals surface area contributed by atoms with Gasteiger partial charge in [0.05, 0.1) is 0 Å². The fourth-order valence-corrected chi connectivity index (χ4v) is 4.89. The molecule has 0 unspecified atom stereocenters. The van der Waals surface area contributed by atoms with Gasteiger partial charge in [0.2, 0.25) is 5.89 Å². The molecule has 7 nitrogen and oxygen atoms in total. The summed E-state index contributed by atoms with van der Waals surface area (Å²) in [5.41, 5.74) is 4.00. The lowest BCUT2D eigenvalue weighted by Gasteiger charge is -2.31. The van der Waals surface area contributed by atoms with E-state index in [1.165, 1.54) is 0 Å². The molecule has 0 atom stereocenters. The Hall–Kier alpha value is -4.49. The van der Waals surface area contributed by atoms with E-state index in [4.69, 9.17) is 29.9 Å². The van der Waals surface area contributed by atoms with Crippen molar-refractivity contribution in [1.29, 1.82) is 0 Å². The Bertz CT molecular complexity index is 1700. The zero-order chi connectivity index (χ0) is 26.2. The van der Waals surface area contributed by atoms with Gasteiger partial charge in [-0.25, -0.2) is 4.98 Å². The van der Waals surface area contributed by atoms with Gasteiger partial charge in [-0.2, -0.15) is 4.98 Å². The molecule has 3 heterocycles. The third kappa shape index (κ3) is 5.01. The number of piperidine rings is 1. The molecule has 0 N–H and O–H groups in total. The lowest BCUT2D eigenvalue weighted by molar-refractivity contribution is 0.169. The van der Waals surface area contributed by atoms with Gasteiger partial charge >= 0.3 is 0 Å². The molecule has 4 aromatic carbocycles. The van der Waals surface area contributed by atoms with E-state index in [0.29, 0.717) is 34.0 Å². The molecule has 0 aliphatic carbocycles. The molecule has 0 radical (unpaired) electrons. The van der Waals surface area contributed by atoms with Crippen LogP contribution in [0.5, 0.6) is 17.2 Å². The lowest BCUT2D eigenvalue weighted by Crippen LogP contribution is -2.38. The minimum Gasteiger partial charge on any atom is -0.490 e. The Morgan fingerprint density at radius 3 is 2.23 bits per heavy atom. The van der Waals surface area contributed by atoms with Gasteiger partial charge in [-0.3, -0.25) is 0 Å². The Morgan fingerprint density at radius 2 is 1.44 bits per heavy atom. The molecule has 0 amide bonds. The predicted octanol–water partition coefficient (Wildman–Crippen LogP) is 8.13. The smallest absolute Gasteiger partial charge is 0.298 e. The summed E-state index contributed by atoms with van der Waals surface area (Å²) in [5.74, 6) is 2.74. The second kappa shape index (κ2) is 10.0. The molecule has 1 aliphatic heterocycles. The van der Waals surface area contributed by atoms with Crippen LogP contribution in [0.2, 0.25) is 5.02 Å². The fourth-order valence-electron chi connectivity index (χ4n) is 4.76. The normalized spacial score (nSPS) is 14.2. The first-order valence-electron chi connectivity index (χ1n) is 12.9. The van der Waals surface area contributed by atoms with Crippen molar-refractivity contribution in [2.45, 2.75) is 18.9 Å². The number of oxazole rings is 2. The van der Waals surface area contributed by atoms with Crippen molar-refractivity contribution in [2.75, 3.05) is 18.0 Å². The van der Waals surface area contributed by atoms with Gasteiger partial charge in [0, 0.05) is 42.6 Å². The maximum atomic E-state index is 6.27. The predicted molar refractivity (Wildman–Crippen MR) is 151 cm³/mol. The van der Waals surface area contributed by atoms with E-state index in [1.807, 2.05) is 78.9 Å². The van der Waals surface area contributed by atoms with E-state index in [1.54, 1.807) is 12.1 Å². The molecule has 2 aromatic heterocycles. The molecule has 1 saturated heterocycles. The Labute approximate surface area is 229 Å². The Balaban J connectivity index is 0.985. The Kier molecular flexibility index (Phi) is 6.06. The average molecular weight is 538 g/mol. The van der Waals surface area contributed by atoms with Gasteiger partial charge in [0.15, 0.2) is 11.2 Å². The van der Waals surface area contributed by atoms with Crippen molar-refractivity contribution in [2.24, 2.45) is 0 Å². The number of rotatable bonds is 6. The van der Waals surface area contributed by atoms with Crippen LogP contribution in [-0.4, -0.2) is 29.2 Å². The molecule has 0 bridgehead atoms. The van der Waals surface area contributed by atoms with Crippen LogP contribution in [0.15, 0.2) is 99.8 Å². The molecule has 0 saturated carbocycles. The standard InChI is InChI=1S/C31H24ClN3O4/c32-21-7-11-23(12-8-21)37-25-13-14-27-29(19-25)38-30(33-27)20-5-9-22(10-6-20)36-24-15-17-35(18-16-24)31-34-26-3-1-2-4-28(26)39-31/h1-14,19,24H,15-18H2. The molecular formula is C31H24ClN3O4. The molecule has 8 heteroatoms. The zero-order valence-corrected chi connectivity index (χ0v) is 21.7. The summed E-state index contributed by atoms with van der Waals surface area (Å²) in [6, 6.07) is 29.2. The van der Waals surface area contributed by atoms with Crippen molar-refractivity contribution in [3.05, 3.63) is 96.0 Å². The molecule has 7 rings (SSSR count). The summed E-state index contributed by atoms with van der Waals surface area (Å²) in [6.07, 6.45) is 1.93. The number of ether oxygens (including phenoxy) is 2. The first-order chi connectivity index (χ1) is 19.2. The van der Waals surface area contributed by atoms with Crippen LogP contribution < -0.4 is 14.4 Å². The van der Waals surface area contributed by atoms with Crippen LogP contribution in [0.3, 0.4) is 0 Å². The minimum absolute atomic E-state index is 0.139. The fraction of sp³-hybridized carbons (Fsp3) is 0.161. The summed E-state index contributed by atoms with van der Waals surface area (Å²) < 4.78 is 24.2. The van der Waals surface area contributed by atoms with E-state index < -0.39 is 0 Å². The summed E-state index contributed by atoms with van der Waals surface area (Å²) in [4.78, 5) is 11.4. The molecule has 194 valence electrons. The monoisotopic (exact) mass is 537 g/mol. The van der Waals surface area contributed by atoms with Crippen LogP contribution in [0.4, 0.5) is 6.01 Å². The Morgan fingerprint density at radius 1 is 0.718 bits per heavy atom. The molecule has 1 fully saturated rings. The highest BCUT2D eigenvalue weighted by molar-refractivity contribution is 6.30. The van der Waals surface area contributed by atoms with Gasteiger partial charge in [-0.1, -0.05) is 23.7 Å². The van der Waals surface area contributed by atoms with E-state index in [2.05, 4.69) is 14.9 Å². The lowest BCUT2D eigenvalue weighted by atomic mass is 10.1. The van der Waals surface area contributed by atoms with Gasteiger partial charge in [0.1, 0.15) is 34.4 Å². The van der Waals surface area contributed by atoms with Gasteiger partial charge < -0.3 is 23.2 Å². The number of fused-ring (bicyclic) bond motifs is 2. The molecule has 6 aromatic rings. The highest BCUT2D eigenvalue weighted by Crippen LogP contribution is 2.31. The van der Waals surface area contributed by atoms with Crippen LogP contribution in [0.1, 0.15) is 12.8 Å². The van der Waals surface area contributed by atoms with E-state index in [-0.39, 0.29) is 6.10 Å². The second-order valence-corrected chi connectivity index (χ2v) is 9.93. The number of para-hydroxylation sites is 2. The molecular weight excluding hydrogens is 514 g/mol. The average Bonchev–Trinajstić information content (AvgIpc) is 3.59. The molecule has 0 spiro atoms. The number of nitrogens with zero attached hydrogens (tertiary/aromatic N) is 3. The molecule has 1 aliphatic rings. The summed E-state index contributed by atoms with van der Waals surface area (Å²) in [7, 11) is 0. The molecule has 39 heavy (non-hydrogen) atoms. The van der Waals surface area contributed by atoms with E-state index in [9.17, 15) is 0 Å². The topological polar surface area (TPSA) is 73.8 Å². The number of aromatic nitrogens is 2. The highest BCUT2D eigenvalue weighted by Gasteiger charge is 2.24. The number of halogens is 1. The number of benzene rings is 4. The first-order valence-corrected chi connectivity index (χ1v) is 13.3. The third-order valence-corrected chi connectivity index (χ3v) is 7.06. The quantitative estimate of drug-likeness (QED) is 0.212. The minimum atomic E-state index is 0.139. The third-order valence-electron chi connectivity index (χ3n) is 6.81. The zero-order valence-electron chi connectivity index (χ0n) is 20.9. The van der Waals surface area contributed by atoms with Crippen molar-refractivity contribution in [1.82, 2.24) is 9.97 Å². The van der Waals surface area contributed by atoms with Crippen LogP contribution in [0, 0.1) is 0 Å². The van der Waals surface area contributed by atoms with Gasteiger partial charge in [-0.15, -0.1) is 0 Å². The van der Waals surface area contributed by atoms with Crippen molar-refractivity contribution in [3.8, 4) is 28.7 Å². The highest BCUT2D eigenvalue weighted by atomic mass is 35.5. The van der Waals surface area contributed by atoms with Crippen LogP contribution in [-0.2, 0) is 0 Å². The van der Waals surface area contributed by atoms with E-state index >= 15 is 0 Å². The summed E-state index contributed by atoms with van der Waals surface area (Å²) in [6.45, 7) is 1.67. The summed E-state index contributed by atoms with van der Waals surface area (Å²) >= 11 is 5.96. The number of anilines is 1. The first kappa shape index (κ1) is 23.6.